The van der Waals surface area contributed by atoms with Gasteiger partial charge in [0.2, 0.25) is 0 Å². The number of hydrogen-bond acceptors (Lipinski definition) is 4. The summed E-state index contributed by atoms with van der Waals surface area (Å²) in [5.41, 5.74) is 1.17. The normalized spacial score (nSPS) is 15.9. The second-order valence-corrected chi connectivity index (χ2v) is 10.8. The van der Waals surface area contributed by atoms with E-state index >= 15 is 0 Å². The molecule has 1 aliphatic heterocycles. The van der Waals surface area contributed by atoms with Crippen LogP contribution in [0.4, 0.5) is 4.79 Å². The summed E-state index contributed by atoms with van der Waals surface area (Å²) >= 11 is 0. The molecule has 0 radical (unpaired) electrons. The molecule has 0 bridgehead atoms. The van der Waals surface area contributed by atoms with Crippen molar-refractivity contribution in [1.29, 1.82) is 0 Å². The van der Waals surface area contributed by atoms with Crippen LogP contribution in [0.1, 0.15) is 45.1 Å². The summed E-state index contributed by atoms with van der Waals surface area (Å²) in [6.07, 6.45) is 3.00. The lowest BCUT2D eigenvalue weighted by atomic mass is 9.89. The van der Waals surface area contributed by atoms with E-state index in [4.69, 9.17) is 4.74 Å². The van der Waals surface area contributed by atoms with Crippen molar-refractivity contribution in [2.24, 2.45) is 0 Å². The molecule has 0 aliphatic carbocycles. The topological polar surface area (TPSA) is 68.6 Å². The Hall–Kier alpha value is -2.80. The molecule has 1 amide bonds. The number of ether oxygens (including phenoxy) is 1. The second-order valence-electron chi connectivity index (χ2n) is 8.96. The van der Waals surface area contributed by atoms with E-state index in [0.29, 0.717) is 18.6 Å². The average Bonchev–Trinajstić information content (AvgIpc) is 3.14. The maximum absolute atomic E-state index is 13.3. The Morgan fingerprint density at radius 2 is 1.58 bits per heavy atom. The molecule has 2 aromatic carbocycles. The number of hydrogen-bond donors (Lipinski definition) is 0. The number of nitrogens with zero attached hydrogens (tertiary/aromatic N) is 2. The molecule has 2 heterocycles. The van der Waals surface area contributed by atoms with Gasteiger partial charge in [0.1, 0.15) is 5.60 Å². The molecule has 1 fully saturated rings. The van der Waals surface area contributed by atoms with Crippen molar-refractivity contribution >= 4 is 27.0 Å². The Kier molecular flexibility index (Phi) is 5.56. The van der Waals surface area contributed by atoms with Crippen LogP contribution < -0.4 is 0 Å². The number of likely N-dealkylation sites (tertiary alicyclic amines) is 1. The first-order chi connectivity index (χ1) is 14.7. The van der Waals surface area contributed by atoms with Crippen molar-refractivity contribution in [2.45, 2.75) is 50.0 Å². The third-order valence-electron chi connectivity index (χ3n) is 5.60. The van der Waals surface area contributed by atoms with Gasteiger partial charge in [0.15, 0.2) is 0 Å². The van der Waals surface area contributed by atoms with E-state index in [2.05, 4.69) is 0 Å². The van der Waals surface area contributed by atoms with Gasteiger partial charge in [0.25, 0.3) is 10.0 Å². The molecule has 4 rings (SSSR count). The molecule has 1 aromatic heterocycles. The van der Waals surface area contributed by atoms with Crippen molar-refractivity contribution in [3.63, 3.8) is 0 Å². The fourth-order valence-electron chi connectivity index (χ4n) is 4.11. The van der Waals surface area contributed by atoms with E-state index in [1.54, 1.807) is 41.4 Å². The minimum Gasteiger partial charge on any atom is -0.444 e. The summed E-state index contributed by atoms with van der Waals surface area (Å²) in [6, 6.07) is 16.1. The Morgan fingerprint density at radius 3 is 2.23 bits per heavy atom. The predicted octanol–water partition coefficient (Wildman–Crippen LogP) is 4.99. The third kappa shape index (κ3) is 4.32. The average molecular weight is 441 g/mol. The van der Waals surface area contributed by atoms with Gasteiger partial charge in [-0.1, -0.05) is 36.4 Å². The lowest BCUT2D eigenvalue weighted by molar-refractivity contribution is 0.0205. The smallest absolute Gasteiger partial charge is 0.410 e. The van der Waals surface area contributed by atoms with Crippen LogP contribution in [0.3, 0.4) is 0 Å². The highest BCUT2D eigenvalue weighted by atomic mass is 32.2. The van der Waals surface area contributed by atoms with Crippen LogP contribution >= 0.6 is 0 Å². The fourth-order valence-corrected chi connectivity index (χ4v) is 5.50. The van der Waals surface area contributed by atoms with Gasteiger partial charge in [-0.25, -0.2) is 17.2 Å². The number of piperidine rings is 1. The summed E-state index contributed by atoms with van der Waals surface area (Å²) in [5, 5.41) is 0.942. The quantitative estimate of drug-likeness (QED) is 0.575. The van der Waals surface area contributed by atoms with E-state index < -0.39 is 15.6 Å². The molecule has 0 spiro atoms. The van der Waals surface area contributed by atoms with Crippen LogP contribution in [0, 0.1) is 0 Å². The van der Waals surface area contributed by atoms with Crippen molar-refractivity contribution in [1.82, 2.24) is 8.87 Å². The molecule has 7 heteroatoms. The van der Waals surface area contributed by atoms with E-state index in [-0.39, 0.29) is 16.9 Å². The zero-order valence-electron chi connectivity index (χ0n) is 18.1. The molecule has 3 aromatic rings. The molecule has 0 saturated carbocycles. The first kappa shape index (κ1) is 21.4. The van der Waals surface area contributed by atoms with E-state index in [0.717, 1.165) is 23.8 Å². The van der Waals surface area contributed by atoms with Crippen LogP contribution in [0.15, 0.2) is 65.7 Å². The Labute approximate surface area is 183 Å². The van der Waals surface area contributed by atoms with Crippen LogP contribution in [0.5, 0.6) is 0 Å². The Balaban J connectivity index is 1.63. The first-order valence-corrected chi connectivity index (χ1v) is 12.0. The molecule has 31 heavy (non-hydrogen) atoms. The number of aromatic nitrogens is 1. The van der Waals surface area contributed by atoms with Crippen LogP contribution in [-0.4, -0.2) is 42.1 Å². The molecule has 1 saturated heterocycles. The fraction of sp³-hybridized carbons (Fsp3) is 0.375. The SMILES string of the molecule is CC(C)(C)OC(=O)N1CCC(c2cn(S(=O)(=O)c3ccccc3)c3ccccc23)CC1. The van der Waals surface area contributed by atoms with Crippen molar-refractivity contribution in [3.05, 3.63) is 66.4 Å². The Bertz CT molecular complexity index is 1190. The van der Waals surface area contributed by atoms with Crippen LogP contribution in [-0.2, 0) is 14.8 Å². The Morgan fingerprint density at radius 1 is 0.968 bits per heavy atom. The lowest BCUT2D eigenvalue weighted by Crippen LogP contribution is -2.41. The number of carbonyl (C=O) groups excluding carboxylic acids is 1. The maximum Gasteiger partial charge on any atom is 0.410 e. The summed E-state index contributed by atoms with van der Waals surface area (Å²) in [6.45, 7) is 6.76. The summed E-state index contributed by atoms with van der Waals surface area (Å²) in [7, 11) is -3.70. The van der Waals surface area contributed by atoms with Gasteiger partial charge in [-0.15, -0.1) is 0 Å². The molecule has 0 N–H and O–H groups in total. The minimum atomic E-state index is -3.70. The largest absolute Gasteiger partial charge is 0.444 e. The van der Waals surface area contributed by atoms with Gasteiger partial charge in [-0.2, -0.15) is 0 Å². The van der Waals surface area contributed by atoms with Gasteiger partial charge >= 0.3 is 6.09 Å². The molecular weight excluding hydrogens is 412 g/mol. The van der Waals surface area contributed by atoms with E-state index in [1.165, 1.54) is 3.97 Å². The molecule has 164 valence electrons. The highest BCUT2D eigenvalue weighted by Gasteiger charge is 2.30. The predicted molar refractivity (Wildman–Crippen MR) is 121 cm³/mol. The van der Waals surface area contributed by atoms with E-state index in [1.807, 2.05) is 45.0 Å². The van der Waals surface area contributed by atoms with Gasteiger partial charge in [0.05, 0.1) is 10.4 Å². The van der Waals surface area contributed by atoms with Crippen LogP contribution in [0.2, 0.25) is 0 Å². The number of benzene rings is 2. The number of para-hydroxylation sites is 1. The molecule has 0 unspecified atom stereocenters. The van der Waals surface area contributed by atoms with Crippen molar-refractivity contribution < 1.29 is 17.9 Å². The highest BCUT2D eigenvalue weighted by Crippen LogP contribution is 2.36. The molecule has 6 nitrogen and oxygen atoms in total. The number of rotatable bonds is 3. The highest BCUT2D eigenvalue weighted by molar-refractivity contribution is 7.90. The van der Waals surface area contributed by atoms with Crippen molar-refractivity contribution in [2.75, 3.05) is 13.1 Å². The molecule has 0 atom stereocenters. The minimum absolute atomic E-state index is 0.177. The van der Waals surface area contributed by atoms with Crippen molar-refractivity contribution in [3.8, 4) is 0 Å². The third-order valence-corrected chi connectivity index (χ3v) is 7.28. The van der Waals surface area contributed by atoms with Gasteiger partial charge in [-0.05, 0) is 63.3 Å². The summed E-state index contributed by atoms with van der Waals surface area (Å²) < 4.78 is 33.5. The second kappa shape index (κ2) is 8.04. The molecular formula is C24H28N2O4S. The number of fused-ring (bicyclic) bond motifs is 1. The monoisotopic (exact) mass is 440 g/mol. The standard InChI is InChI=1S/C24H28N2O4S/c1-24(2,3)30-23(27)25-15-13-18(14-16-25)21-17-26(22-12-8-7-11-20(21)22)31(28,29)19-9-5-4-6-10-19/h4-12,17-18H,13-16H2,1-3H3. The first-order valence-electron chi connectivity index (χ1n) is 10.6. The van der Waals surface area contributed by atoms with Gasteiger partial charge in [-0.3, -0.25) is 0 Å². The zero-order chi connectivity index (χ0) is 22.2. The van der Waals surface area contributed by atoms with Gasteiger partial charge in [0, 0.05) is 24.7 Å². The summed E-state index contributed by atoms with van der Waals surface area (Å²) in [4.78, 5) is 14.4. The van der Waals surface area contributed by atoms with Crippen LogP contribution in [0.25, 0.3) is 10.9 Å². The zero-order valence-corrected chi connectivity index (χ0v) is 18.9. The van der Waals surface area contributed by atoms with E-state index in [9.17, 15) is 13.2 Å². The number of amides is 1. The molecule has 1 aliphatic rings. The lowest BCUT2D eigenvalue weighted by Gasteiger charge is -2.33. The summed E-state index contributed by atoms with van der Waals surface area (Å²) in [5.74, 6) is 0.177. The maximum atomic E-state index is 13.3. The number of carbonyl (C=O) groups is 1. The van der Waals surface area contributed by atoms with Gasteiger partial charge < -0.3 is 9.64 Å².